The van der Waals surface area contributed by atoms with Crippen LogP contribution >= 0.6 is 0 Å². The topological polar surface area (TPSA) is 106 Å². The first-order chi connectivity index (χ1) is 14.0. The van der Waals surface area contributed by atoms with Crippen LogP contribution in [0.4, 0.5) is 5.82 Å². The van der Waals surface area contributed by atoms with E-state index in [0.717, 1.165) is 55.4 Å². The van der Waals surface area contributed by atoms with Crippen molar-refractivity contribution in [3.63, 3.8) is 0 Å². The van der Waals surface area contributed by atoms with Crippen molar-refractivity contribution in [2.75, 3.05) is 30.8 Å². The lowest BCUT2D eigenvalue weighted by molar-refractivity contribution is 0.295. The largest absolute Gasteiger partial charge is 0.356 e. The van der Waals surface area contributed by atoms with Crippen molar-refractivity contribution >= 4 is 26.9 Å². The molecule has 1 atom stereocenters. The summed E-state index contributed by atoms with van der Waals surface area (Å²) >= 11 is 0. The number of nitrogens with zero attached hydrogens (tertiary/aromatic N) is 5. The molecule has 8 nitrogen and oxygen atoms in total. The lowest BCUT2D eigenvalue weighted by Gasteiger charge is -2.36. The van der Waals surface area contributed by atoms with E-state index in [2.05, 4.69) is 33.0 Å². The molecule has 0 aromatic carbocycles. The first kappa shape index (κ1) is 20.1. The SMILES string of the molecule is CN(c1ncnc2[nH]ccc12)C1CCC(CS(=O)(=O)N2CCCC(C#N)C2)CC1. The van der Waals surface area contributed by atoms with Crippen molar-refractivity contribution in [2.45, 2.75) is 44.6 Å². The Morgan fingerprint density at radius 1 is 1.28 bits per heavy atom. The fourth-order valence-corrected chi connectivity index (χ4v) is 6.67. The Morgan fingerprint density at radius 3 is 2.83 bits per heavy atom. The maximum atomic E-state index is 12.9. The predicted octanol–water partition coefficient (Wildman–Crippen LogP) is 2.52. The monoisotopic (exact) mass is 416 g/mol. The highest BCUT2D eigenvalue weighted by Crippen LogP contribution is 2.33. The van der Waals surface area contributed by atoms with Crippen molar-refractivity contribution < 1.29 is 8.42 Å². The Morgan fingerprint density at radius 2 is 2.07 bits per heavy atom. The maximum Gasteiger partial charge on any atom is 0.214 e. The van der Waals surface area contributed by atoms with Gasteiger partial charge in [0.25, 0.3) is 0 Å². The van der Waals surface area contributed by atoms with Gasteiger partial charge in [0.1, 0.15) is 17.8 Å². The molecule has 2 aliphatic rings. The van der Waals surface area contributed by atoms with E-state index in [1.165, 1.54) is 0 Å². The van der Waals surface area contributed by atoms with Crippen molar-refractivity contribution in [3.05, 3.63) is 18.6 Å². The zero-order valence-electron chi connectivity index (χ0n) is 16.8. The molecule has 4 rings (SSSR count). The molecule has 1 saturated carbocycles. The lowest BCUT2D eigenvalue weighted by Crippen LogP contribution is -2.43. The number of aromatic nitrogens is 3. The number of hydrogen-bond acceptors (Lipinski definition) is 6. The lowest BCUT2D eigenvalue weighted by atomic mass is 9.86. The van der Waals surface area contributed by atoms with Gasteiger partial charge in [0, 0.05) is 32.4 Å². The standard InChI is InChI=1S/C20H28N6O2S/c1-25(20-18-8-9-22-19(18)23-14-24-20)17-6-4-15(5-7-17)13-29(27,28)26-10-2-3-16(11-21)12-26/h8-9,14-17H,2-7,10,12-13H2,1H3,(H,22,23,24). The number of aromatic amines is 1. The number of H-pyrrole nitrogens is 1. The van der Waals surface area contributed by atoms with E-state index < -0.39 is 10.0 Å². The zero-order valence-corrected chi connectivity index (χ0v) is 17.6. The van der Waals surface area contributed by atoms with Gasteiger partial charge in [0.05, 0.1) is 23.1 Å². The average molecular weight is 417 g/mol. The third kappa shape index (κ3) is 4.23. The van der Waals surface area contributed by atoms with Crippen LogP contribution in [0.15, 0.2) is 18.6 Å². The highest BCUT2D eigenvalue weighted by atomic mass is 32.2. The van der Waals surface area contributed by atoms with Crippen LogP contribution in [-0.2, 0) is 10.0 Å². The number of hydrogen-bond donors (Lipinski definition) is 1. The summed E-state index contributed by atoms with van der Waals surface area (Å²) in [6, 6.07) is 4.57. The molecule has 1 unspecified atom stereocenters. The fraction of sp³-hybridized carbons (Fsp3) is 0.650. The molecule has 0 spiro atoms. The molecule has 2 aromatic heterocycles. The number of nitriles is 1. The molecule has 1 aliphatic heterocycles. The molecule has 29 heavy (non-hydrogen) atoms. The fourth-order valence-electron chi connectivity index (χ4n) is 4.72. The minimum atomic E-state index is -3.29. The van der Waals surface area contributed by atoms with Crippen LogP contribution in [0.1, 0.15) is 38.5 Å². The number of nitrogens with one attached hydrogen (secondary N) is 1. The molecule has 1 saturated heterocycles. The van der Waals surface area contributed by atoms with Gasteiger partial charge < -0.3 is 9.88 Å². The highest BCUT2D eigenvalue weighted by Gasteiger charge is 2.33. The van der Waals surface area contributed by atoms with Crippen LogP contribution in [0.2, 0.25) is 0 Å². The van der Waals surface area contributed by atoms with Gasteiger partial charge in [-0.3, -0.25) is 0 Å². The zero-order chi connectivity index (χ0) is 20.4. The highest BCUT2D eigenvalue weighted by molar-refractivity contribution is 7.89. The Kier molecular flexibility index (Phi) is 5.74. The van der Waals surface area contributed by atoms with Crippen molar-refractivity contribution in [3.8, 4) is 6.07 Å². The van der Waals surface area contributed by atoms with E-state index in [0.29, 0.717) is 19.1 Å². The van der Waals surface area contributed by atoms with Crippen LogP contribution in [0.25, 0.3) is 11.0 Å². The number of piperidine rings is 1. The summed E-state index contributed by atoms with van der Waals surface area (Å²) < 4.78 is 27.3. The molecule has 1 N–H and O–H groups in total. The average Bonchev–Trinajstić information content (AvgIpc) is 3.22. The van der Waals surface area contributed by atoms with Crippen LogP contribution in [0.3, 0.4) is 0 Å². The summed E-state index contributed by atoms with van der Waals surface area (Å²) in [4.78, 5) is 14.1. The first-order valence-electron chi connectivity index (χ1n) is 10.4. The molecular weight excluding hydrogens is 388 g/mol. The van der Waals surface area contributed by atoms with E-state index in [9.17, 15) is 8.42 Å². The summed E-state index contributed by atoms with van der Waals surface area (Å²) in [5.41, 5.74) is 0.832. The van der Waals surface area contributed by atoms with Crippen molar-refractivity contribution in [2.24, 2.45) is 11.8 Å². The summed E-state index contributed by atoms with van der Waals surface area (Å²) in [5.74, 6) is 1.14. The summed E-state index contributed by atoms with van der Waals surface area (Å²) in [5, 5.41) is 10.1. The molecule has 3 heterocycles. The Balaban J connectivity index is 1.36. The second-order valence-electron chi connectivity index (χ2n) is 8.33. The third-order valence-electron chi connectivity index (χ3n) is 6.44. The summed E-state index contributed by atoms with van der Waals surface area (Å²) in [6.45, 7) is 0.913. The van der Waals surface area contributed by atoms with E-state index in [4.69, 9.17) is 5.26 Å². The molecule has 1 aliphatic carbocycles. The van der Waals surface area contributed by atoms with Gasteiger partial charge in [-0.25, -0.2) is 22.7 Å². The van der Waals surface area contributed by atoms with Gasteiger partial charge in [0.2, 0.25) is 10.0 Å². The van der Waals surface area contributed by atoms with Crippen molar-refractivity contribution in [1.29, 1.82) is 5.26 Å². The maximum absolute atomic E-state index is 12.9. The van der Waals surface area contributed by atoms with Crippen LogP contribution < -0.4 is 4.90 Å². The molecule has 0 radical (unpaired) electrons. The van der Waals surface area contributed by atoms with Gasteiger partial charge in [-0.1, -0.05) is 0 Å². The van der Waals surface area contributed by atoms with E-state index in [1.54, 1.807) is 10.6 Å². The molecule has 0 amide bonds. The second kappa shape index (κ2) is 8.28. The normalized spacial score (nSPS) is 26.3. The predicted molar refractivity (Wildman–Crippen MR) is 112 cm³/mol. The Bertz CT molecular complexity index is 990. The first-order valence-corrected chi connectivity index (χ1v) is 12.0. The molecular formula is C20H28N6O2S. The Labute approximate surface area is 172 Å². The van der Waals surface area contributed by atoms with Gasteiger partial charge in [-0.2, -0.15) is 5.26 Å². The molecule has 2 aromatic rings. The van der Waals surface area contributed by atoms with Crippen LogP contribution in [0, 0.1) is 23.2 Å². The number of sulfonamides is 1. The van der Waals surface area contributed by atoms with Crippen molar-refractivity contribution in [1.82, 2.24) is 19.3 Å². The van der Waals surface area contributed by atoms with Gasteiger partial charge in [0.15, 0.2) is 0 Å². The number of anilines is 1. The van der Waals surface area contributed by atoms with Gasteiger partial charge in [-0.15, -0.1) is 0 Å². The van der Waals surface area contributed by atoms with Crippen LogP contribution in [0.5, 0.6) is 0 Å². The minimum Gasteiger partial charge on any atom is -0.356 e. The number of rotatable bonds is 5. The molecule has 9 heteroatoms. The minimum absolute atomic E-state index is 0.166. The van der Waals surface area contributed by atoms with Gasteiger partial charge >= 0.3 is 0 Å². The quantitative estimate of drug-likeness (QED) is 0.803. The van der Waals surface area contributed by atoms with Gasteiger partial charge in [-0.05, 0) is 50.5 Å². The molecule has 2 fully saturated rings. The van der Waals surface area contributed by atoms with E-state index >= 15 is 0 Å². The van der Waals surface area contributed by atoms with E-state index in [1.807, 2.05) is 12.3 Å². The summed E-state index contributed by atoms with van der Waals surface area (Å²) in [6.07, 6.45) is 8.72. The van der Waals surface area contributed by atoms with Crippen LogP contribution in [-0.4, -0.2) is 59.6 Å². The smallest absolute Gasteiger partial charge is 0.214 e. The second-order valence-corrected chi connectivity index (χ2v) is 10.3. The molecule has 156 valence electrons. The Hall–Kier alpha value is -2.18. The third-order valence-corrected chi connectivity index (χ3v) is 8.45. The number of fused-ring (bicyclic) bond motifs is 1. The molecule has 0 bridgehead atoms. The van der Waals surface area contributed by atoms with E-state index in [-0.39, 0.29) is 17.6 Å². The summed E-state index contributed by atoms with van der Waals surface area (Å²) in [7, 11) is -1.23.